The van der Waals surface area contributed by atoms with E-state index in [2.05, 4.69) is 64.2 Å². The lowest BCUT2D eigenvalue weighted by Crippen LogP contribution is -2.50. The van der Waals surface area contributed by atoms with E-state index < -0.39 is 0 Å². The van der Waals surface area contributed by atoms with Crippen LogP contribution in [-0.2, 0) is 5.41 Å². The molecule has 3 N–H and O–H groups in total. The fourth-order valence-corrected chi connectivity index (χ4v) is 1.96. The Kier molecular flexibility index (Phi) is 4.34. The second-order valence-corrected chi connectivity index (χ2v) is 6.14. The largest absolute Gasteiger partial charge is 0.329 e. The summed E-state index contributed by atoms with van der Waals surface area (Å²) in [5.41, 5.74) is 8.62. The molecule has 0 heterocycles. The van der Waals surface area contributed by atoms with Crippen LogP contribution in [0.3, 0.4) is 0 Å². The van der Waals surface area contributed by atoms with Crippen LogP contribution in [0, 0.1) is 6.92 Å². The molecule has 0 saturated heterocycles. The number of benzene rings is 1. The topological polar surface area (TPSA) is 38.0 Å². The average molecular weight is 234 g/mol. The van der Waals surface area contributed by atoms with Gasteiger partial charge in [0, 0.05) is 24.0 Å². The molecule has 1 rings (SSSR count). The van der Waals surface area contributed by atoms with E-state index in [0.29, 0.717) is 6.54 Å². The van der Waals surface area contributed by atoms with Gasteiger partial charge in [-0.1, -0.05) is 38.1 Å². The van der Waals surface area contributed by atoms with Crippen molar-refractivity contribution in [3.63, 3.8) is 0 Å². The van der Waals surface area contributed by atoms with Crippen molar-refractivity contribution in [2.75, 3.05) is 13.1 Å². The fraction of sp³-hybridized carbons (Fsp3) is 0.600. The summed E-state index contributed by atoms with van der Waals surface area (Å²) >= 11 is 0. The molecule has 0 aromatic heterocycles. The van der Waals surface area contributed by atoms with Crippen LogP contribution in [0.15, 0.2) is 24.3 Å². The highest BCUT2D eigenvalue weighted by atomic mass is 15.0. The van der Waals surface area contributed by atoms with E-state index in [1.165, 1.54) is 11.1 Å². The first kappa shape index (κ1) is 14.2. The Morgan fingerprint density at radius 3 is 2.24 bits per heavy atom. The molecule has 0 unspecified atom stereocenters. The minimum absolute atomic E-state index is 0.0000445. The average Bonchev–Trinajstić information content (AvgIpc) is 2.27. The molecule has 0 bridgehead atoms. The van der Waals surface area contributed by atoms with Crippen molar-refractivity contribution < 1.29 is 0 Å². The molecule has 0 spiro atoms. The molecule has 1 aromatic rings. The van der Waals surface area contributed by atoms with E-state index >= 15 is 0 Å². The van der Waals surface area contributed by atoms with Crippen molar-refractivity contribution in [1.82, 2.24) is 5.32 Å². The van der Waals surface area contributed by atoms with Gasteiger partial charge in [-0.25, -0.2) is 0 Å². The van der Waals surface area contributed by atoms with E-state index in [-0.39, 0.29) is 11.0 Å². The minimum atomic E-state index is -0.0000445. The first-order valence-electron chi connectivity index (χ1n) is 6.30. The Morgan fingerprint density at radius 2 is 1.71 bits per heavy atom. The van der Waals surface area contributed by atoms with Crippen molar-refractivity contribution in [3.05, 3.63) is 35.4 Å². The lowest BCUT2D eigenvalue weighted by Gasteiger charge is -2.33. The highest BCUT2D eigenvalue weighted by Crippen LogP contribution is 2.25. The van der Waals surface area contributed by atoms with Crippen LogP contribution in [0.1, 0.15) is 38.8 Å². The van der Waals surface area contributed by atoms with Crippen LogP contribution in [-0.4, -0.2) is 18.6 Å². The smallest absolute Gasteiger partial charge is 0.0247 e. The van der Waals surface area contributed by atoms with Gasteiger partial charge in [0.05, 0.1) is 0 Å². The van der Waals surface area contributed by atoms with Gasteiger partial charge in [-0.3, -0.25) is 0 Å². The zero-order chi connectivity index (χ0) is 13.1. The summed E-state index contributed by atoms with van der Waals surface area (Å²) in [4.78, 5) is 0. The van der Waals surface area contributed by atoms with Gasteiger partial charge in [-0.05, 0) is 31.9 Å². The second kappa shape index (κ2) is 5.19. The third-order valence-corrected chi connectivity index (χ3v) is 3.39. The highest BCUT2D eigenvalue weighted by molar-refractivity contribution is 5.32. The monoisotopic (exact) mass is 234 g/mol. The normalized spacial score (nSPS) is 12.8. The maximum absolute atomic E-state index is 5.74. The predicted octanol–water partition coefficient (Wildman–Crippen LogP) is 2.60. The maximum Gasteiger partial charge on any atom is 0.0247 e. The number of hydrogen-bond acceptors (Lipinski definition) is 2. The van der Waals surface area contributed by atoms with Crippen LogP contribution >= 0.6 is 0 Å². The SMILES string of the molecule is Cc1ccccc1C(C)(C)CNC(C)(C)CN. The molecule has 0 radical (unpaired) electrons. The molecule has 17 heavy (non-hydrogen) atoms. The van der Waals surface area contributed by atoms with Gasteiger partial charge in [0.1, 0.15) is 0 Å². The van der Waals surface area contributed by atoms with Crippen LogP contribution in [0.4, 0.5) is 0 Å². The Labute approximate surface area is 106 Å². The summed E-state index contributed by atoms with van der Waals surface area (Å²) in [6.07, 6.45) is 0. The third kappa shape index (κ3) is 3.83. The Bertz CT molecular complexity index is 367. The van der Waals surface area contributed by atoms with Gasteiger partial charge in [0.2, 0.25) is 0 Å². The molecule has 96 valence electrons. The molecule has 0 aliphatic rings. The number of rotatable bonds is 5. The molecule has 1 aromatic carbocycles. The van der Waals surface area contributed by atoms with Gasteiger partial charge >= 0.3 is 0 Å². The van der Waals surface area contributed by atoms with E-state index in [9.17, 15) is 0 Å². The quantitative estimate of drug-likeness (QED) is 0.822. The summed E-state index contributed by atoms with van der Waals surface area (Å²) in [5, 5.41) is 3.55. The second-order valence-electron chi connectivity index (χ2n) is 6.14. The highest BCUT2D eigenvalue weighted by Gasteiger charge is 2.25. The number of nitrogens with two attached hydrogens (primary N) is 1. The van der Waals surface area contributed by atoms with Gasteiger partial charge < -0.3 is 11.1 Å². The van der Waals surface area contributed by atoms with Crippen LogP contribution in [0.25, 0.3) is 0 Å². The number of aryl methyl sites for hydroxylation is 1. The van der Waals surface area contributed by atoms with E-state index in [4.69, 9.17) is 5.73 Å². The molecule has 2 nitrogen and oxygen atoms in total. The Balaban J connectivity index is 2.79. The Hall–Kier alpha value is -0.860. The molecule has 0 amide bonds. The fourth-order valence-electron chi connectivity index (χ4n) is 1.96. The lowest BCUT2D eigenvalue weighted by molar-refractivity contribution is 0.346. The number of nitrogens with one attached hydrogen (secondary N) is 1. The standard InChI is InChI=1S/C15H26N2/c1-12-8-6-7-9-13(12)14(2,3)11-17-15(4,5)10-16/h6-9,17H,10-11,16H2,1-5H3. The molecule has 0 saturated carbocycles. The minimum Gasteiger partial charge on any atom is -0.329 e. The van der Waals surface area contributed by atoms with Crippen molar-refractivity contribution >= 4 is 0 Å². The summed E-state index contributed by atoms with van der Waals surface area (Å²) < 4.78 is 0. The van der Waals surface area contributed by atoms with Gasteiger partial charge in [-0.2, -0.15) is 0 Å². The molecular formula is C15H26N2. The van der Waals surface area contributed by atoms with Crippen molar-refractivity contribution in [2.45, 2.75) is 45.6 Å². The predicted molar refractivity (Wildman–Crippen MR) is 75.3 cm³/mol. The van der Waals surface area contributed by atoms with Crippen LogP contribution in [0.2, 0.25) is 0 Å². The summed E-state index contributed by atoms with van der Waals surface area (Å²) in [5.74, 6) is 0. The van der Waals surface area contributed by atoms with Crippen molar-refractivity contribution in [2.24, 2.45) is 5.73 Å². The first-order chi connectivity index (χ1) is 7.78. The molecule has 0 fully saturated rings. The first-order valence-corrected chi connectivity index (χ1v) is 6.30. The summed E-state index contributed by atoms with van der Waals surface area (Å²) in [6.45, 7) is 12.6. The van der Waals surface area contributed by atoms with Gasteiger partial charge in [0.25, 0.3) is 0 Å². The van der Waals surface area contributed by atoms with Gasteiger partial charge in [-0.15, -0.1) is 0 Å². The van der Waals surface area contributed by atoms with E-state index in [0.717, 1.165) is 6.54 Å². The third-order valence-electron chi connectivity index (χ3n) is 3.39. The van der Waals surface area contributed by atoms with Crippen molar-refractivity contribution in [3.8, 4) is 0 Å². The zero-order valence-electron chi connectivity index (χ0n) is 11.8. The van der Waals surface area contributed by atoms with Crippen LogP contribution < -0.4 is 11.1 Å². The molecule has 0 atom stereocenters. The van der Waals surface area contributed by atoms with Gasteiger partial charge in [0.15, 0.2) is 0 Å². The van der Waals surface area contributed by atoms with Crippen LogP contribution in [0.5, 0.6) is 0 Å². The van der Waals surface area contributed by atoms with E-state index in [1.54, 1.807) is 0 Å². The molecule has 2 heteroatoms. The summed E-state index contributed by atoms with van der Waals surface area (Å²) in [7, 11) is 0. The lowest BCUT2D eigenvalue weighted by atomic mass is 9.81. The molecule has 0 aliphatic carbocycles. The number of hydrogen-bond donors (Lipinski definition) is 2. The Morgan fingerprint density at radius 1 is 1.12 bits per heavy atom. The summed E-state index contributed by atoms with van der Waals surface area (Å²) in [6, 6.07) is 8.59. The van der Waals surface area contributed by atoms with E-state index in [1.807, 2.05) is 0 Å². The maximum atomic E-state index is 5.74. The zero-order valence-corrected chi connectivity index (χ0v) is 11.8. The molecular weight excluding hydrogens is 208 g/mol. The van der Waals surface area contributed by atoms with Crippen molar-refractivity contribution in [1.29, 1.82) is 0 Å². The molecule has 0 aliphatic heterocycles.